The van der Waals surface area contributed by atoms with Crippen LogP contribution in [0.3, 0.4) is 0 Å². The zero-order valence-corrected chi connectivity index (χ0v) is 13.3. The number of anilines is 1. The standard InChI is InChI=1S/C15H23ClN4/c1-10-8-19-7-5-4-6-13(19)9-20(10)15-14(16)17-11(2)12(3)18-15/h10,13H,4-9H2,1-3H3. The summed E-state index contributed by atoms with van der Waals surface area (Å²) in [5.41, 5.74) is 1.89. The Kier molecular flexibility index (Phi) is 3.87. The van der Waals surface area contributed by atoms with E-state index in [2.05, 4.69) is 21.7 Å². The van der Waals surface area contributed by atoms with Crippen LogP contribution in [0.2, 0.25) is 5.15 Å². The molecule has 0 aromatic carbocycles. The maximum atomic E-state index is 6.35. The third kappa shape index (κ3) is 2.51. The molecule has 0 N–H and O–H groups in total. The van der Waals surface area contributed by atoms with Crippen LogP contribution < -0.4 is 4.90 Å². The molecule has 2 fully saturated rings. The van der Waals surface area contributed by atoms with Crippen molar-refractivity contribution < 1.29 is 0 Å². The van der Waals surface area contributed by atoms with Crippen molar-refractivity contribution in [2.75, 3.05) is 24.5 Å². The lowest BCUT2D eigenvalue weighted by atomic mass is 9.97. The minimum Gasteiger partial charge on any atom is -0.348 e. The lowest BCUT2D eigenvalue weighted by Gasteiger charge is -2.48. The van der Waals surface area contributed by atoms with Crippen LogP contribution in [0.25, 0.3) is 0 Å². The maximum Gasteiger partial charge on any atom is 0.171 e. The van der Waals surface area contributed by atoms with Crippen LogP contribution in [0, 0.1) is 13.8 Å². The van der Waals surface area contributed by atoms with E-state index < -0.39 is 0 Å². The van der Waals surface area contributed by atoms with Crippen molar-refractivity contribution in [3.05, 3.63) is 16.5 Å². The van der Waals surface area contributed by atoms with Gasteiger partial charge in [0.05, 0.1) is 11.4 Å². The van der Waals surface area contributed by atoms with E-state index >= 15 is 0 Å². The Bertz CT molecular complexity index is 505. The summed E-state index contributed by atoms with van der Waals surface area (Å²) in [6, 6.07) is 1.10. The highest BCUT2D eigenvalue weighted by atomic mass is 35.5. The zero-order valence-electron chi connectivity index (χ0n) is 12.6. The summed E-state index contributed by atoms with van der Waals surface area (Å²) in [6.07, 6.45) is 3.97. The molecule has 2 unspecified atom stereocenters. The van der Waals surface area contributed by atoms with Gasteiger partial charge in [-0.05, 0) is 40.2 Å². The fourth-order valence-electron chi connectivity index (χ4n) is 3.39. The molecule has 2 aliphatic rings. The van der Waals surface area contributed by atoms with E-state index in [0.29, 0.717) is 17.2 Å². The van der Waals surface area contributed by atoms with Gasteiger partial charge in [0.15, 0.2) is 11.0 Å². The molecule has 110 valence electrons. The van der Waals surface area contributed by atoms with E-state index in [9.17, 15) is 0 Å². The summed E-state index contributed by atoms with van der Waals surface area (Å²) in [7, 11) is 0. The first-order valence-electron chi connectivity index (χ1n) is 7.57. The number of fused-ring (bicyclic) bond motifs is 1. The highest BCUT2D eigenvalue weighted by Crippen LogP contribution is 2.30. The lowest BCUT2D eigenvalue weighted by molar-refractivity contribution is 0.115. The highest BCUT2D eigenvalue weighted by Gasteiger charge is 2.34. The fraction of sp³-hybridized carbons (Fsp3) is 0.733. The Balaban J connectivity index is 1.88. The number of halogens is 1. The maximum absolute atomic E-state index is 6.35. The van der Waals surface area contributed by atoms with Gasteiger partial charge in [-0.2, -0.15) is 0 Å². The number of rotatable bonds is 1. The van der Waals surface area contributed by atoms with Gasteiger partial charge >= 0.3 is 0 Å². The predicted molar refractivity (Wildman–Crippen MR) is 82.5 cm³/mol. The predicted octanol–water partition coefficient (Wildman–Crippen LogP) is 2.81. The second-order valence-corrected chi connectivity index (χ2v) is 6.51. The van der Waals surface area contributed by atoms with Gasteiger partial charge < -0.3 is 4.90 Å². The minimum atomic E-state index is 0.443. The van der Waals surface area contributed by atoms with Gasteiger partial charge in [0, 0.05) is 25.2 Å². The van der Waals surface area contributed by atoms with E-state index in [1.165, 1.54) is 25.8 Å². The van der Waals surface area contributed by atoms with Crippen LogP contribution in [0.1, 0.15) is 37.6 Å². The lowest BCUT2D eigenvalue weighted by Crippen LogP contribution is -2.59. The van der Waals surface area contributed by atoms with Crippen LogP contribution >= 0.6 is 11.6 Å². The summed E-state index contributed by atoms with van der Waals surface area (Å²) in [4.78, 5) is 14.1. The van der Waals surface area contributed by atoms with Crippen molar-refractivity contribution in [1.82, 2.24) is 14.9 Å². The summed E-state index contributed by atoms with van der Waals surface area (Å²) in [6.45, 7) is 9.60. The van der Waals surface area contributed by atoms with Gasteiger partial charge in [0.2, 0.25) is 0 Å². The van der Waals surface area contributed by atoms with Crippen molar-refractivity contribution >= 4 is 17.4 Å². The first-order valence-corrected chi connectivity index (χ1v) is 7.95. The number of aryl methyl sites for hydroxylation is 2. The molecule has 0 spiro atoms. The van der Waals surface area contributed by atoms with E-state index in [1.54, 1.807) is 0 Å². The molecule has 2 aliphatic heterocycles. The Hall–Kier alpha value is -0.870. The number of piperazine rings is 1. The van der Waals surface area contributed by atoms with Gasteiger partial charge in [-0.1, -0.05) is 18.0 Å². The molecular formula is C15H23ClN4. The summed E-state index contributed by atoms with van der Waals surface area (Å²) in [5.74, 6) is 0.868. The first-order chi connectivity index (χ1) is 9.56. The molecule has 4 nitrogen and oxygen atoms in total. The van der Waals surface area contributed by atoms with Crippen LogP contribution in [0.4, 0.5) is 5.82 Å². The second-order valence-electron chi connectivity index (χ2n) is 6.15. The Morgan fingerprint density at radius 2 is 1.85 bits per heavy atom. The number of hydrogen-bond acceptors (Lipinski definition) is 4. The monoisotopic (exact) mass is 294 g/mol. The minimum absolute atomic E-state index is 0.443. The molecule has 2 saturated heterocycles. The van der Waals surface area contributed by atoms with E-state index in [4.69, 9.17) is 16.6 Å². The summed E-state index contributed by atoms with van der Waals surface area (Å²) >= 11 is 6.35. The average Bonchev–Trinajstić information content (AvgIpc) is 2.42. The largest absolute Gasteiger partial charge is 0.348 e. The molecule has 1 aromatic rings. The third-order valence-electron chi connectivity index (χ3n) is 4.71. The molecule has 2 atom stereocenters. The number of piperidine rings is 1. The second kappa shape index (κ2) is 5.49. The van der Waals surface area contributed by atoms with E-state index in [0.717, 1.165) is 30.3 Å². The van der Waals surface area contributed by atoms with Crippen LogP contribution in [0.15, 0.2) is 0 Å². The molecule has 0 aliphatic carbocycles. The molecule has 0 amide bonds. The Morgan fingerprint density at radius 3 is 2.65 bits per heavy atom. The van der Waals surface area contributed by atoms with Crippen molar-refractivity contribution in [2.45, 2.75) is 52.1 Å². The smallest absolute Gasteiger partial charge is 0.171 e. The summed E-state index contributed by atoms with van der Waals surface area (Å²) < 4.78 is 0. The van der Waals surface area contributed by atoms with E-state index in [1.807, 2.05) is 13.8 Å². The van der Waals surface area contributed by atoms with Crippen LogP contribution in [-0.2, 0) is 0 Å². The van der Waals surface area contributed by atoms with Crippen molar-refractivity contribution in [2.24, 2.45) is 0 Å². The first kappa shape index (κ1) is 14.1. The van der Waals surface area contributed by atoms with Gasteiger partial charge in [-0.25, -0.2) is 9.97 Å². The molecule has 0 radical (unpaired) electrons. The number of aromatic nitrogens is 2. The highest BCUT2D eigenvalue weighted by molar-refractivity contribution is 6.31. The Morgan fingerprint density at radius 1 is 1.10 bits per heavy atom. The van der Waals surface area contributed by atoms with E-state index in [-0.39, 0.29) is 0 Å². The molecule has 0 saturated carbocycles. The molecule has 1 aromatic heterocycles. The quantitative estimate of drug-likeness (QED) is 0.797. The Labute approximate surface area is 126 Å². The van der Waals surface area contributed by atoms with Gasteiger partial charge in [-0.3, -0.25) is 4.90 Å². The van der Waals surface area contributed by atoms with Gasteiger partial charge in [-0.15, -0.1) is 0 Å². The number of hydrogen-bond donors (Lipinski definition) is 0. The zero-order chi connectivity index (χ0) is 14.3. The van der Waals surface area contributed by atoms with Crippen LogP contribution in [0.5, 0.6) is 0 Å². The number of nitrogens with zero attached hydrogens (tertiary/aromatic N) is 4. The molecule has 0 bridgehead atoms. The molecular weight excluding hydrogens is 272 g/mol. The summed E-state index contributed by atoms with van der Waals surface area (Å²) in [5, 5.41) is 0.546. The van der Waals surface area contributed by atoms with Gasteiger partial charge in [0.1, 0.15) is 0 Å². The molecule has 3 rings (SSSR count). The topological polar surface area (TPSA) is 32.3 Å². The average molecular weight is 295 g/mol. The fourth-order valence-corrected chi connectivity index (χ4v) is 3.67. The SMILES string of the molecule is Cc1nc(Cl)c(N2CC3CCCCN3CC2C)nc1C. The molecule has 3 heterocycles. The third-order valence-corrected chi connectivity index (χ3v) is 4.96. The van der Waals surface area contributed by atoms with Crippen LogP contribution in [-0.4, -0.2) is 46.6 Å². The molecule has 20 heavy (non-hydrogen) atoms. The normalized spacial score (nSPS) is 27.5. The van der Waals surface area contributed by atoms with Crippen molar-refractivity contribution in [3.63, 3.8) is 0 Å². The van der Waals surface area contributed by atoms with Crippen molar-refractivity contribution in [1.29, 1.82) is 0 Å². The van der Waals surface area contributed by atoms with Gasteiger partial charge in [0.25, 0.3) is 0 Å². The molecule has 5 heteroatoms. The van der Waals surface area contributed by atoms with Crippen molar-refractivity contribution in [3.8, 4) is 0 Å².